The van der Waals surface area contributed by atoms with Crippen LogP contribution in [-0.4, -0.2) is 43.9 Å². The molecule has 6 nitrogen and oxygen atoms in total. The number of hydrogen-bond acceptors (Lipinski definition) is 4. The van der Waals surface area contributed by atoms with E-state index < -0.39 is 0 Å². The molecule has 1 aliphatic heterocycles. The third-order valence-electron chi connectivity index (χ3n) is 5.12. The summed E-state index contributed by atoms with van der Waals surface area (Å²) in [6.45, 7) is 2.96. The van der Waals surface area contributed by atoms with Crippen LogP contribution < -0.4 is 10.2 Å². The SMILES string of the molecule is CCc1ccc(N2C[C@@H](C(=O)NC[C@H](c3ccco3)N(C)C)CC2=O)cc1. The number of aryl methyl sites for hydroxylation is 1. The van der Waals surface area contributed by atoms with E-state index >= 15 is 0 Å². The van der Waals surface area contributed by atoms with Gasteiger partial charge >= 0.3 is 0 Å². The lowest BCUT2D eigenvalue weighted by Crippen LogP contribution is -2.38. The van der Waals surface area contributed by atoms with Gasteiger partial charge in [0.2, 0.25) is 11.8 Å². The second-order valence-corrected chi connectivity index (χ2v) is 7.17. The van der Waals surface area contributed by atoms with E-state index in [0.29, 0.717) is 13.1 Å². The monoisotopic (exact) mass is 369 g/mol. The number of rotatable bonds is 7. The summed E-state index contributed by atoms with van der Waals surface area (Å²) >= 11 is 0. The molecule has 0 unspecified atom stereocenters. The number of likely N-dealkylation sites (N-methyl/N-ethyl adjacent to an activating group) is 1. The summed E-state index contributed by atoms with van der Waals surface area (Å²) in [7, 11) is 3.89. The number of nitrogens with zero attached hydrogens (tertiary/aromatic N) is 2. The smallest absolute Gasteiger partial charge is 0.227 e. The first-order valence-corrected chi connectivity index (χ1v) is 9.36. The Morgan fingerprint density at radius 3 is 2.63 bits per heavy atom. The van der Waals surface area contributed by atoms with Crippen LogP contribution in [0.25, 0.3) is 0 Å². The predicted octanol–water partition coefficient (Wildman–Crippen LogP) is 2.61. The van der Waals surface area contributed by atoms with E-state index in [1.807, 2.05) is 55.4 Å². The molecule has 0 bridgehead atoms. The van der Waals surface area contributed by atoms with Gasteiger partial charge in [-0.25, -0.2) is 0 Å². The minimum absolute atomic E-state index is 0.00501. The van der Waals surface area contributed by atoms with Gasteiger partial charge in [-0.2, -0.15) is 0 Å². The van der Waals surface area contributed by atoms with Gasteiger partial charge in [0, 0.05) is 25.2 Å². The molecule has 1 fully saturated rings. The summed E-state index contributed by atoms with van der Waals surface area (Å²) in [5.74, 6) is 0.382. The highest BCUT2D eigenvalue weighted by Gasteiger charge is 2.35. The molecule has 2 atom stereocenters. The van der Waals surface area contributed by atoms with Gasteiger partial charge in [0.1, 0.15) is 5.76 Å². The molecule has 1 aromatic heterocycles. The van der Waals surface area contributed by atoms with Crippen LogP contribution in [0.1, 0.15) is 30.7 Å². The molecule has 2 amide bonds. The standard InChI is InChI=1S/C21H27N3O3/c1-4-15-7-9-17(10-8-15)24-14-16(12-20(24)25)21(26)22-13-18(23(2)3)19-6-5-11-27-19/h5-11,16,18H,4,12-14H2,1-3H3,(H,22,26)/t16-,18+/m0/s1. The Hall–Kier alpha value is -2.60. The maximum Gasteiger partial charge on any atom is 0.227 e. The quantitative estimate of drug-likeness (QED) is 0.815. The molecule has 0 spiro atoms. The lowest BCUT2D eigenvalue weighted by Gasteiger charge is -2.23. The van der Waals surface area contributed by atoms with Gasteiger partial charge in [0.25, 0.3) is 0 Å². The van der Waals surface area contributed by atoms with Crippen molar-refractivity contribution in [3.63, 3.8) is 0 Å². The van der Waals surface area contributed by atoms with Gasteiger partial charge < -0.3 is 14.6 Å². The Balaban J connectivity index is 1.60. The van der Waals surface area contributed by atoms with E-state index in [1.165, 1.54) is 5.56 Å². The van der Waals surface area contributed by atoms with Crippen molar-refractivity contribution in [3.05, 3.63) is 54.0 Å². The predicted molar refractivity (Wildman–Crippen MR) is 104 cm³/mol. The fraction of sp³-hybridized carbons (Fsp3) is 0.429. The molecule has 2 aromatic rings. The number of amides is 2. The summed E-state index contributed by atoms with van der Waals surface area (Å²) in [4.78, 5) is 28.7. The fourth-order valence-corrected chi connectivity index (χ4v) is 3.40. The Labute approximate surface area is 160 Å². The lowest BCUT2D eigenvalue weighted by atomic mass is 10.1. The molecule has 27 heavy (non-hydrogen) atoms. The Kier molecular flexibility index (Phi) is 5.96. The molecule has 3 rings (SSSR count). The number of furan rings is 1. The minimum atomic E-state index is -0.331. The van der Waals surface area contributed by atoms with Gasteiger partial charge in [-0.15, -0.1) is 0 Å². The van der Waals surface area contributed by atoms with Crippen LogP contribution in [0.5, 0.6) is 0 Å². The second kappa shape index (κ2) is 8.39. The summed E-state index contributed by atoms with van der Waals surface area (Å²) in [6.07, 6.45) is 2.84. The maximum atomic E-state index is 12.6. The largest absolute Gasteiger partial charge is 0.468 e. The molecule has 1 N–H and O–H groups in total. The van der Waals surface area contributed by atoms with E-state index in [2.05, 4.69) is 12.2 Å². The van der Waals surface area contributed by atoms with Gasteiger partial charge in [-0.05, 0) is 50.3 Å². The van der Waals surface area contributed by atoms with E-state index in [0.717, 1.165) is 17.9 Å². The maximum absolute atomic E-state index is 12.6. The molecule has 0 radical (unpaired) electrons. The zero-order valence-electron chi connectivity index (χ0n) is 16.1. The van der Waals surface area contributed by atoms with Crippen LogP contribution in [0.3, 0.4) is 0 Å². The third kappa shape index (κ3) is 4.39. The molecule has 1 aliphatic rings. The molecule has 1 saturated heterocycles. The molecular weight excluding hydrogens is 342 g/mol. The first-order chi connectivity index (χ1) is 13.0. The summed E-state index contributed by atoms with van der Waals surface area (Å²) in [5.41, 5.74) is 2.08. The van der Waals surface area contributed by atoms with Crippen LogP contribution in [-0.2, 0) is 16.0 Å². The van der Waals surface area contributed by atoms with Crippen LogP contribution in [0, 0.1) is 5.92 Å². The molecule has 144 valence electrons. The van der Waals surface area contributed by atoms with Crippen molar-refractivity contribution in [1.29, 1.82) is 0 Å². The zero-order valence-corrected chi connectivity index (χ0v) is 16.1. The topological polar surface area (TPSA) is 65.8 Å². The van der Waals surface area contributed by atoms with Crippen molar-refractivity contribution in [3.8, 4) is 0 Å². The number of carbonyl (C=O) groups is 2. The first-order valence-electron chi connectivity index (χ1n) is 9.36. The third-order valence-corrected chi connectivity index (χ3v) is 5.12. The van der Waals surface area contributed by atoms with Crippen LogP contribution in [0.4, 0.5) is 5.69 Å². The zero-order chi connectivity index (χ0) is 19.4. The molecule has 0 saturated carbocycles. The molecule has 1 aromatic carbocycles. The van der Waals surface area contributed by atoms with Crippen LogP contribution in [0.2, 0.25) is 0 Å². The number of anilines is 1. The van der Waals surface area contributed by atoms with Crippen molar-refractivity contribution >= 4 is 17.5 Å². The van der Waals surface area contributed by atoms with Crippen molar-refractivity contribution in [2.45, 2.75) is 25.8 Å². The van der Waals surface area contributed by atoms with E-state index in [1.54, 1.807) is 11.2 Å². The van der Waals surface area contributed by atoms with E-state index in [-0.39, 0.29) is 30.2 Å². The first kappa shape index (κ1) is 19.2. The van der Waals surface area contributed by atoms with Crippen LogP contribution in [0.15, 0.2) is 47.1 Å². The number of hydrogen-bond donors (Lipinski definition) is 1. The highest BCUT2D eigenvalue weighted by Crippen LogP contribution is 2.26. The van der Waals surface area contributed by atoms with Gasteiger partial charge in [0.05, 0.1) is 18.2 Å². The summed E-state index contributed by atoms with van der Waals surface area (Å²) < 4.78 is 5.47. The van der Waals surface area contributed by atoms with Gasteiger partial charge in [-0.1, -0.05) is 19.1 Å². The average molecular weight is 369 g/mol. The lowest BCUT2D eigenvalue weighted by molar-refractivity contribution is -0.126. The second-order valence-electron chi connectivity index (χ2n) is 7.17. The molecule has 2 heterocycles. The highest BCUT2D eigenvalue weighted by atomic mass is 16.3. The molecular formula is C21H27N3O3. The van der Waals surface area contributed by atoms with Crippen molar-refractivity contribution in [2.75, 3.05) is 32.1 Å². The Morgan fingerprint density at radius 1 is 1.30 bits per heavy atom. The summed E-state index contributed by atoms with van der Waals surface area (Å²) in [6, 6.07) is 11.7. The average Bonchev–Trinajstić information content (AvgIpc) is 3.31. The van der Waals surface area contributed by atoms with Crippen molar-refractivity contribution < 1.29 is 14.0 Å². The molecule has 6 heteroatoms. The van der Waals surface area contributed by atoms with Gasteiger partial charge in [0.15, 0.2) is 0 Å². The van der Waals surface area contributed by atoms with E-state index in [9.17, 15) is 9.59 Å². The minimum Gasteiger partial charge on any atom is -0.468 e. The fourth-order valence-electron chi connectivity index (χ4n) is 3.40. The van der Waals surface area contributed by atoms with E-state index in [4.69, 9.17) is 4.42 Å². The Morgan fingerprint density at radius 2 is 2.04 bits per heavy atom. The highest BCUT2D eigenvalue weighted by molar-refractivity contribution is 6.00. The number of nitrogens with one attached hydrogen (secondary N) is 1. The Bertz CT molecular complexity index is 768. The molecule has 0 aliphatic carbocycles. The normalized spacial score (nSPS) is 18.1. The number of benzene rings is 1. The summed E-state index contributed by atoms with van der Waals surface area (Å²) in [5, 5.41) is 2.99. The van der Waals surface area contributed by atoms with Crippen molar-refractivity contribution in [2.24, 2.45) is 5.92 Å². The van der Waals surface area contributed by atoms with Crippen molar-refractivity contribution in [1.82, 2.24) is 10.2 Å². The number of carbonyl (C=O) groups excluding carboxylic acids is 2. The van der Waals surface area contributed by atoms with Crippen LogP contribution >= 0.6 is 0 Å². The van der Waals surface area contributed by atoms with Gasteiger partial charge in [-0.3, -0.25) is 14.5 Å².